The highest BCUT2D eigenvalue weighted by Crippen LogP contribution is 2.36. The van der Waals surface area contributed by atoms with E-state index in [1.165, 1.54) is 15.9 Å². The second-order valence-corrected chi connectivity index (χ2v) is 8.06. The third kappa shape index (κ3) is 2.92. The van der Waals surface area contributed by atoms with Crippen molar-refractivity contribution in [1.82, 2.24) is 14.5 Å². The molecule has 0 aliphatic carbocycles. The van der Waals surface area contributed by atoms with Gasteiger partial charge in [-0.25, -0.2) is 4.79 Å². The van der Waals surface area contributed by atoms with E-state index in [1.54, 1.807) is 31.3 Å². The van der Waals surface area contributed by atoms with Crippen LogP contribution in [0.15, 0.2) is 42.6 Å². The summed E-state index contributed by atoms with van der Waals surface area (Å²) in [5.41, 5.74) is 1.98. The van der Waals surface area contributed by atoms with E-state index in [-0.39, 0.29) is 5.91 Å². The third-order valence-electron chi connectivity index (χ3n) is 5.11. The number of amides is 1. The second-order valence-electron chi connectivity index (χ2n) is 7.01. The second kappa shape index (κ2) is 6.59. The van der Waals surface area contributed by atoms with Crippen molar-refractivity contribution in [2.45, 2.75) is 13.3 Å². The molecule has 146 valence electrons. The minimum absolute atomic E-state index is 0.0390. The van der Waals surface area contributed by atoms with E-state index in [4.69, 9.17) is 4.74 Å². The Bertz CT molecular complexity index is 1290. The molecule has 0 spiro atoms. The Morgan fingerprint density at radius 2 is 2.00 bits per heavy atom. The maximum absolute atomic E-state index is 12.5. The van der Waals surface area contributed by atoms with Crippen molar-refractivity contribution in [2.75, 3.05) is 13.1 Å². The molecule has 0 radical (unpaired) electrons. The molecule has 8 heteroatoms. The zero-order valence-electron chi connectivity index (χ0n) is 15.6. The van der Waals surface area contributed by atoms with Crippen LogP contribution in [0.4, 0.5) is 4.79 Å². The lowest BCUT2D eigenvalue weighted by atomic mass is 10.2. The van der Waals surface area contributed by atoms with Crippen LogP contribution in [0.5, 0.6) is 11.5 Å². The third-order valence-corrected chi connectivity index (χ3v) is 6.23. The smallest absolute Gasteiger partial charge is 0.416 e. The fourth-order valence-corrected chi connectivity index (χ4v) is 4.58. The Morgan fingerprint density at radius 1 is 1.17 bits per heavy atom. The summed E-state index contributed by atoms with van der Waals surface area (Å²) >= 11 is 1.38. The van der Waals surface area contributed by atoms with Gasteiger partial charge in [-0.1, -0.05) is 0 Å². The van der Waals surface area contributed by atoms with Gasteiger partial charge in [-0.3, -0.25) is 14.3 Å². The predicted octanol–water partition coefficient (Wildman–Crippen LogP) is 4.72. The fourth-order valence-electron chi connectivity index (χ4n) is 3.55. The van der Waals surface area contributed by atoms with Gasteiger partial charge in [-0.2, -0.15) is 0 Å². The largest absolute Gasteiger partial charge is 0.464 e. The molecule has 1 fully saturated rings. The van der Waals surface area contributed by atoms with Crippen LogP contribution in [0, 0.1) is 6.92 Å². The molecule has 0 bridgehead atoms. The van der Waals surface area contributed by atoms with Crippen molar-refractivity contribution < 1.29 is 19.4 Å². The van der Waals surface area contributed by atoms with Gasteiger partial charge in [0.2, 0.25) is 0 Å². The first-order valence-electron chi connectivity index (χ1n) is 9.22. The molecule has 1 aromatic carbocycles. The standard InChI is InChI=1S/C21H17N3O4S/c1-12-9-13-10-14(3-4-16(13)24(12)21(26)27)28-17-5-6-22-15-11-18(29-19(15)17)20(25)23-7-2-8-23/h3-6,9-11H,2,7-8H2,1H3,(H,26,27). The summed E-state index contributed by atoms with van der Waals surface area (Å²) in [7, 11) is 0. The Balaban J connectivity index is 1.50. The summed E-state index contributed by atoms with van der Waals surface area (Å²) in [6, 6.07) is 10.7. The number of likely N-dealkylation sites (tertiary alicyclic amines) is 1. The lowest BCUT2D eigenvalue weighted by Gasteiger charge is -2.30. The molecule has 1 aliphatic heterocycles. The van der Waals surface area contributed by atoms with Gasteiger partial charge in [0.05, 0.1) is 20.6 Å². The van der Waals surface area contributed by atoms with Gasteiger partial charge < -0.3 is 14.7 Å². The minimum Gasteiger partial charge on any atom is -0.464 e. The number of carbonyl (C=O) groups excluding carboxylic acids is 1. The molecule has 4 heterocycles. The van der Waals surface area contributed by atoms with E-state index < -0.39 is 6.09 Å². The summed E-state index contributed by atoms with van der Waals surface area (Å²) in [5, 5.41) is 10.2. The number of pyridine rings is 1. The Kier molecular flexibility index (Phi) is 4.02. The summed E-state index contributed by atoms with van der Waals surface area (Å²) < 4.78 is 8.15. The lowest BCUT2D eigenvalue weighted by molar-refractivity contribution is 0.0657. The van der Waals surface area contributed by atoms with Gasteiger partial charge in [-0.15, -0.1) is 11.3 Å². The van der Waals surface area contributed by atoms with Crippen molar-refractivity contribution in [3.63, 3.8) is 0 Å². The number of benzene rings is 1. The number of nitrogens with zero attached hydrogens (tertiary/aromatic N) is 3. The molecule has 1 aliphatic rings. The lowest BCUT2D eigenvalue weighted by Crippen LogP contribution is -2.41. The molecule has 1 amide bonds. The quantitative estimate of drug-likeness (QED) is 0.531. The van der Waals surface area contributed by atoms with E-state index in [2.05, 4.69) is 4.98 Å². The van der Waals surface area contributed by atoms with Gasteiger partial charge in [0.25, 0.3) is 5.91 Å². The number of aryl methyl sites for hydroxylation is 1. The van der Waals surface area contributed by atoms with Crippen LogP contribution in [0.2, 0.25) is 0 Å². The Labute approximate surface area is 169 Å². The maximum Gasteiger partial charge on any atom is 0.416 e. The first-order chi connectivity index (χ1) is 14.0. The number of hydrogen-bond acceptors (Lipinski definition) is 5. The Hall–Kier alpha value is -3.39. The van der Waals surface area contributed by atoms with Crippen molar-refractivity contribution in [3.8, 4) is 11.5 Å². The number of carboxylic acid groups (broad SMARTS) is 1. The van der Waals surface area contributed by atoms with Crippen LogP contribution in [0.3, 0.4) is 0 Å². The molecule has 5 rings (SSSR count). The zero-order valence-corrected chi connectivity index (χ0v) is 16.4. The molecule has 0 atom stereocenters. The number of aromatic nitrogens is 2. The number of ether oxygens (including phenoxy) is 1. The number of rotatable bonds is 3. The van der Waals surface area contributed by atoms with E-state index in [0.717, 1.165) is 35.1 Å². The van der Waals surface area contributed by atoms with Gasteiger partial charge in [-0.05, 0) is 43.7 Å². The van der Waals surface area contributed by atoms with Gasteiger partial charge in [0.1, 0.15) is 11.5 Å². The van der Waals surface area contributed by atoms with Crippen LogP contribution >= 0.6 is 11.3 Å². The molecular weight excluding hydrogens is 390 g/mol. The maximum atomic E-state index is 12.5. The van der Waals surface area contributed by atoms with E-state index >= 15 is 0 Å². The van der Waals surface area contributed by atoms with Crippen molar-refractivity contribution in [1.29, 1.82) is 0 Å². The van der Waals surface area contributed by atoms with Gasteiger partial charge in [0, 0.05) is 36.4 Å². The molecule has 3 aromatic heterocycles. The van der Waals surface area contributed by atoms with Crippen LogP contribution in [-0.4, -0.2) is 44.6 Å². The van der Waals surface area contributed by atoms with Crippen molar-refractivity contribution in [2.24, 2.45) is 0 Å². The SMILES string of the molecule is Cc1cc2cc(Oc3ccnc4cc(C(=O)N5CCC5)sc34)ccc2n1C(=O)O. The highest BCUT2D eigenvalue weighted by atomic mass is 32.1. The number of thiophene rings is 1. The van der Waals surface area contributed by atoms with E-state index in [1.807, 2.05) is 23.1 Å². The highest BCUT2D eigenvalue weighted by molar-refractivity contribution is 7.21. The van der Waals surface area contributed by atoms with Gasteiger partial charge in [0.15, 0.2) is 0 Å². The molecular formula is C21H17N3O4S. The van der Waals surface area contributed by atoms with E-state index in [0.29, 0.717) is 27.6 Å². The molecule has 29 heavy (non-hydrogen) atoms. The van der Waals surface area contributed by atoms with Crippen LogP contribution in [0.1, 0.15) is 21.8 Å². The summed E-state index contributed by atoms with van der Waals surface area (Å²) in [5.74, 6) is 1.25. The predicted molar refractivity (Wildman–Crippen MR) is 110 cm³/mol. The first-order valence-corrected chi connectivity index (χ1v) is 10.0. The average Bonchev–Trinajstić information content (AvgIpc) is 3.20. The van der Waals surface area contributed by atoms with Crippen molar-refractivity contribution in [3.05, 3.63) is 53.2 Å². The number of fused-ring (bicyclic) bond motifs is 2. The molecule has 1 saturated heterocycles. The fraction of sp³-hybridized carbons (Fsp3) is 0.190. The topological polar surface area (TPSA) is 84.7 Å². The monoisotopic (exact) mass is 407 g/mol. The van der Waals surface area contributed by atoms with Crippen LogP contribution in [0.25, 0.3) is 21.1 Å². The zero-order chi connectivity index (χ0) is 20.1. The number of hydrogen-bond donors (Lipinski definition) is 1. The summed E-state index contributed by atoms with van der Waals surface area (Å²) in [6.07, 6.45) is 1.70. The molecule has 0 saturated carbocycles. The summed E-state index contributed by atoms with van der Waals surface area (Å²) in [4.78, 5) is 30.8. The molecule has 4 aromatic rings. The Morgan fingerprint density at radius 3 is 2.72 bits per heavy atom. The van der Waals surface area contributed by atoms with Crippen molar-refractivity contribution >= 4 is 44.5 Å². The highest BCUT2D eigenvalue weighted by Gasteiger charge is 2.24. The first kappa shape index (κ1) is 17.7. The molecule has 0 unspecified atom stereocenters. The minimum atomic E-state index is -1.01. The average molecular weight is 407 g/mol. The summed E-state index contributed by atoms with van der Waals surface area (Å²) in [6.45, 7) is 3.36. The van der Waals surface area contributed by atoms with Gasteiger partial charge >= 0.3 is 6.09 Å². The molecule has 1 N–H and O–H groups in total. The molecule has 7 nitrogen and oxygen atoms in total. The van der Waals surface area contributed by atoms with E-state index in [9.17, 15) is 14.7 Å². The van der Waals surface area contributed by atoms with Crippen LogP contribution < -0.4 is 4.74 Å². The van der Waals surface area contributed by atoms with Crippen LogP contribution in [-0.2, 0) is 0 Å². The number of carbonyl (C=O) groups is 2. The normalized spacial score (nSPS) is 13.6.